The molecule has 2 aromatic carbocycles. The van der Waals surface area contributed by atoms with E-state index in [0.29, 0.717) is 11.7 Å². The van der Waals surface area contributed by atoms with Crippen molar-refractivity contribution in [1.82, 2.24) is 14.9 Å². The lowest BCUT2D eigenvalue weighted by Gasteiger charge is -2.34. The number of hydrogen-bond acceptors (Lipinski definition) is 8. The van der Waals surface area contributed by atoms with E-state index in [1.807, 2.05) is 43.5 Å². The number of rotatable bonds is 9. The summed E-state index contributed by atoms with van der Waals surface area (Å²) in [7, 11) is 3.83. The van der Waals surface area contributed by atoms with E-state index in [1.54, 1.807) is 18.9 Å². The Morgan fingerprint density at radius 3 is 2.75 bits per heavy atom. The molecule has 1 aromatic heterocycles. The van der Waals surface area contributed by atoms with Crippen molar-refractivity contribution in [2.24, 2.45) is 0 Å². The summed E-state index contributed by atoms with van der Waals surface area (Å²) in [6, 6.07) is 14.0. The van der Waals surface area contributed by atoms with E-state index in [-0.39, 0.29) is 5.91 Å². The molecule has 0 atom stereocenters. The van der Waals surface area contributed by atoms with Crippen LogP contribution in [-0.4, -0.2) is 61.1 Å². The van der Waals surface area contributed by atoms with Crippen LogP contribution in [0.1, 0.15) is 11.1 Å². The lowest BCUT2D eigenvalue weighted by atomic mass is 10.2. The number of methoxy groups -OCH3 is 1. The largest absolute Gasteiger partial charge is 0.494 e. The average molecular weight is 505 g/mol. The molecule has 4 rings (SSSR count). The first-order chi connectivity index (χ1) is 17.4. The molecule has 0 radical (unpaired) electrons. The fourth-order valence-corrected chi connectivity index (χ4v) is 4.80. The van der Waals surface area contributed by atoms with Crippen molar-refractivity contribution >= 4 is 40.7 Å². The Hall–Kier alpha value is -3.56. The minimum absolute atomic E-state index is 0.228. The minimum Gasteiger partial charge on any atom is -0.494 e. The van der Waals surface area contributed by atoms with Gasteiger partial charge < -0.3 is 25.2 Å². The van der Waals surface area contributed by atoms with Crippen LogP contribution in [0.4, 0.5) is 23.0 Å². The van der Waals surface area contributed by atoms with E-state index in [4.69, 9.17) is 9.72 Å². The van der Waals surface area contributed by atoms with Crippen LogP contribution in [-0.2, 0) is 10.5 Å². The zero-order valence-electron chi connectivity index (χ0n) is 21.0. The smallest absolute Gasteiger partial charge is 0.247 e. The predicted octanol–water partition coefficient (Wildman–Crippen LogP) is 4.71. The third kappa shape index (κ3) is 6.56. The molecule has 1 saturated heterocycles. The van der Waals surface area contributed by atoms with Crippen LogP contribution in [0.2, 0.25) is 0 Å². The normalized spacial score (nSPS) is 13.8. The van der Waals surface area contributed by atoms with Gasteiger partial charge in [0.15, 0.2) is 0 Å². The van der Waals surface area contributed by atoms with Gasteiger partial charge in [-0.2, -0.15) is 0 Å². The number of piperazine rings is 1. The highest BCUT2D eigenvalue weighted by atomic mass is 32.2. The van der Waals surface area contributed by atoms with E-state index in [9.17, 15) is 4.79 Å². The highest BCUT2D eigenvalue weighted by Crippen LogP contribution is 2.33. The molecule has 1 aliphatic rings. The van der Waals surface area contributed by atoms with Crippen LogP contribution in [0.25, 0.3) is 0 Å². The van der Waals surface area contributed by atoms with Gasteiger partial charge in [0.2, 0.25) is 11.9 Å². The van der Waals surface area contributed by atoms with E-state index in [1.165, 1.54) is 6.08 Å². The van der Waals surface area contributed by atoms with Gasteiger partial charge in [0, 0.05) is 55.6 Å². The lowest BCUT2D eigenvalue weighted by Crippen LogP contribution is -2.44. The quantitative estimate of drug-likeness (QED) is 0.246. The number of thioether (sulfide) groups is 1. The molecule has 0 saturated carbocycles. The van der Waals surface area contributed by atoms with Gasteiger partial charge in [-0.25, -0.2) is 9.97 Å². The number of benzene rings is 2. The van der Waals surface area contributed by atoms with Gasteiger partial charge in [-0.1, -0.05) is 18.7 Å². The van der Waals surface area contributed by atoms with Crippen LogP contribution >= 0.6 is 11.8 Å². The van der Waals surface area contributed by atoms with Crippen molar-refractivity contribution in [2.45, 2.75) is 17.7 Å². The molecule has 2 heterocycles. The third-order valence-corrected chi connectivity index (χ3v) is 7.15. The Morgan fingerprint density at radius 1 is 1.19 bits per heavy atom. The summed E-state index contributed by atoms with van der Waals surface area (Å²) >= 11 is 1.62. The number of anilines is 4. The fourth-order valence-electron chi connectivity index (χ4n) is 3.88. The molecule has 2 N–H and O–H groups in total. The molecular formula is C27H32N6O2S. The van der Waals surface area contributed by atoms with Crippen LogP contribution in [0.5, 0.6) is 5.75 Å². The summed E-state index contributed by atoms with van der Waals surface area (Å²) in [5.41, 5.74) is 4.79. The average Bonchev–Trinajstić information content (AvgIpc) is 2.89. The number of likely N-dealkylation sites (N-methyl/N-ethyl adjacent to an activating group) is 1. The Balaban J connectivity index is 1.44. The van der Waals surface area contributed by atoms with Gasteiger partial charge in [-0.15, -0.1) is 11.8 Å². The molecule has 0 spiro atoms. The first-order valence-electron chi connectivity index (χ1n) is 11.8. The topological polar surface area (TPSA) is 82.6 Å². The van der Waals surface area contributed by atoms with Crippen molar-refractivity contribution in [1.29, 1.82) is 0 Å². The number of nitrogens with zero attached hydrogens (tertiary/aromatic N) is 4. The standard InChI is InChI=1S/C27H32N6O2S/c1-5-25(34)29-21-8-6-7-20(15-21)18-36-26-19(2)17-28-27(31-26)30-23-10-9-22(16-24(23)35-4)33-13-11-32(3)12-14-33/h5-10,15-17H,1,11-14,18H2,2-4H3,(H,29,34)(H,28,30,31). The lowest BCUT2D eigenvalue weighted by molar-refractivity contribution is -0.111. The Kier molecular flexibility index (Phi) is 8.45. The molecule has 0 bridgehead atoms. The zero-order chi connectivity index (χ0) is 25.5. The SMILES string of the molecule is C=CC(=O)Nc1cccc(CSc2nc(Nc3ccc(N4CCN(C)CC4)cc3OC)ncc2C)c1. The number of ether oxygens (including phenoxy) is 1. The van der Waals surface area contributed by atoms with Crippen LogP contribution < -0.4 is 20.3 Å². The summed E-state index contributed by atoms with van der Waals surface area (Å²) in [5.74, 6) is 1.75. The molecule has 1 amide bonds. The highest BCUT2D eigenvalue weighted by Gasteiger charge is 2.16. The number of carbonyl (C=O) groups is 1. The molecule has 36 heavy (non-hydrogen) atoms. The molecule has 0 unspecified atom stereocenters. The van der Waals surface area contributed by atoms with Gasteiger partial charge in [0.05, 0.1) is 12.8 Å². The Bertz CT molecular complexity index is 1230. The minimum atomic E-state index is -0.228. The number of aryl methyl sites for hydroxylation is 1. The van der Waals surface area contributed by atoms with E-state index in [2.05, 4.69) is 51.2 Å². The monoisotopic (exact) mass is 504 g/mol. The van der Waals surface area contributed by atoms with E-state index < -0.39 is 0 Å². The van der Waals surface area contributed by atoms with E-state index >= 15 is 0 Å². The summed E-state index contributed by atoms with van der Waals surface area (Å²) in [6.07, 6.45) is 3.08. The first-order valence-corrected chi connectivity index (χ1v) is 12.8. The van der Waals surface area contributed by atoms with Crippen molar-refractivity contribution < 1.29 is 9.53 Å². The second kappa shape index (κ2) is 11.9. The second-order valence-corrected chi connectivity index (χ2v) is 9.63. The van der Waals surface area contributed by atoms with Crippen molar-refractivity contribution in [3.8, 4) is 5.75 Å². The first kappa shape index (κ1) is 25.5. The van der Waals surface area contributed by atoms with Crippen molar-refractivity contribution in [3.05, 3.63) is 72.4 Å². The summed E-state index contributed by atoms with van der Waals surface area (Å²) < 4.78 is 5.68. The maximum atomic E-state index is 11.6. The second-order valence-electron chi connectivity index (χ2n) is 8.66. The summed E-state index contributed by atoms with van der Waals surface area (Å²) in [6.45, 7) is 9.59. The van der Waals surface area contributed by atoms with Crippen molar-refractivity contribution in [2.75, 3.05) is 55.9 Å². The van der Waals surface area contributed by atoms with Crippen LogP contribution in [0.15, 0.2) is 66.3 Å². The van der Waals surface area contributed by atoms with Gasteiger partial charge in [-0.3, -0.25) is 4.79 Å². The molecular weight excluding hydrogens is 472 g/mol. The summed E-state index contributed by atoms with van der Waals surface area (Å²) in [4.78, 5) is 25.5. The van der Waals surface area contributed by atoms with Gasteiger partial charge in [-0.05, 0) is 55.4 Å². The van der Waals surface area contributed by atoms with Crippen molar-refractivity contribution in [3.63, 3.8) is 0 Å². The Labute approximate surface area is 216 Å². The van der Waals surface area contributed by atoms with E-state index in [0.717, 1.165) is 65.1 Å². The molecule has 8 nitrogen and oxygen atoms in total. The number of nitrogens with one attached hydrogen (secondary N) is 2. The summed E-state index contributed by atoms with van der Waals surface area (Å²) in [5, 5.41) is 7.01. The molecule has 3 aromatic rings. The maximum Gasteiger partial charge on any atom is 0.247 e. The van der Waals surface area contributed by atoms with Gasteiger partial charge in [0.1, 0.15) is 10.8 Å². The molecule has 188 valence electrons. The van der Waals surface area contributed by atoms with Crippen LogP contribution in [0.3, 0.4) is 0 Å². The molecule has 0 aliphatic carbocycles. The third-order valence-electron chi connectivity index (χ3n) is 5.98. The molecule has 1 fully saturated rings. The highest BCUT2D eigenvalue weighted by molar-refractivity contribution is 7.98. The van der Waals surface area contributed by atoms with Gasteiger partial charge in [0.25, 0.3) is 0 Å². The maximum absolute atomic E-state index is 11.6. The molecule has 1 aliphatic heterocycles. The fraction of sp³-hybridized carbons (Fsp3) is 0.296. The number of amides is 1. The van der Waals surface area contributed by atoms with Gasteiger partial charge >= 0.3 is 0 Å². The zero-order valence-corrected chi connectivity index (χ0v) is 21.8. The number of carbonyl (C=O) groups excluding carboxylic acids is 1. The van der Waals surface area contributed by atoms with Crippen LogP contribution in [0, 0.1) is 6.92 Å². The number of hydrogen-bond donors (Lipinski definition) is 2. The molecule has 9 heteroatoms. The predicted molar refractivity (Wildman–Crippen MR) is 148 cm³/mol. The number of aromatic nitrogens is 2. The Morgan fingerprint density at radius 2 is 2.00 bits per heavy atom.